The molecule has 3 aliphatic rings. The zero-order valence-corrected chi connectivity index (χ0v) is 24.3. The lowest BCUT2D eigenvalue weighted by molar-refractivity contribution is -0.165. The number of anilines is 3. The number of nitrogens with one attached hydrogen (secondary N) is 1. The molecule has 6 rings (SSSR count). The molecule has 0 radical (unpaired) electrons. The Morgan fingerprint density at radius 3 is 2.28 bits per heavy atom. The zero-order chi connectivity index (χ0) is 32.8. The second-order valence-electron chi connectivity index (χ2n) is 11.8. The van der Waals surface area contributed by atoms with Crippen molar-refractivity contribution in [2.45, 2.75) is 49.6 Å². The number of benzene rings is 2. The molecule has 3 N–H and O–H groups in total. The molecule has 1 aliphatic carbocycles. The summed E-state index contributed by atoms with van der Waals surface area (Å²) in [5.74, 6) is -5.41. The molecule has 2 fully saturated rings. The minimum atomic E-state index is -4.75. The summed E-state index contributed by atoms with van der Waals surface area (Å²) in [6, 6.07) is 9.93. The molecule has 1 saturated carbocycles. The van der Waals surface area contributed by atoms with Gasteiger partial charge in [-0.2, -0.15) is 13.2 Å². The Bertz CT molecular complexity index is 1620. The number of aliphatic hydroxyl groups excluding tert-OH is 1. The normalized spacial score (nSPS) is 20.1. The first-order chi connectivity index (χ1) is 21.9. The average Bonchev–Trinajstić information content (AvgIpc) is 3.85. The smallest absolute Gasteiger partial charge is 0.408 e. The number of piperidine rings is 1. The highest BCUT2D eigenvalue weighted by molar-refractivity contribution is 5.97. The van der Waals surface area contributed by atoms with E-state index in [0.717, 1.165) is 11.1 Å². The Kier molecular flexibility index (Phi) is 8.36. The number of aromatic nitrogens is 1. The van der Waals surface area contributed by atoms with Crippen LogP contribution in [0.4, 0.5) is 43.7 Å². The van der Waals surface area contributed by atoms with Crippen molar-refractivity contribution in [3.05, 3.63) is 89.4 Å². The summed E-state index contributed by atoms with van der Waals surface area (Å²) in [4.78, 5) is 21.0. The van der Waals surface area contributed by atoms with Crippen LogP contribution in [0.2, 0.25) is 0 Å². The summed E-state index contributed by atoms with van der Waals surface area (Å²) in [6.45, 7) is 0.116. The van der Waals surface area contributed by atoms with Crippen LogP contribution in [0.15, 0.2) is 66.4 Å². The van der Waals surface area contributed by atoms with Gasteiger partial charge >= 0.3 is 6.18 Å². The van der Waals surface area contributed by atoms with Crippen molar-refractivity contribution in [2.75, 3.05) is 29.5 Å². The van der Waals surface area contributed by atoms with Gasteiger partial charge < -0.3 is 25.2 Å². The highest BCUT2D eigenvalue weighted by atomic mass is 19.4. The minimum Gasteiger partial charge on any atom is -0.481 e. The molecule has 1 amide bonds. The molecule has 46 heavy (non-hydrogen) atoms. The third-order valence-corrected chi connectivity index (χ3v) is 8.48. The van der Waals surface area contributed by atoms with Crippen LogP contribution in [0.5, 0.6) is 5.75 Å². The van der Waals surface area contributed by atoms with E-state index in [4.69, 9.17) is 4.74 Å². The van der Waals surface area contributed by atoms with Crippen LogP contribution in [0.3, 0.4) is 0 Å². The fourth-order valence-electron chi connectivity index (χ4n) is 5.76. The average molecular weight is 649 g/mol. The Labute approximate surface area is 259 Å². The minimum absolute atomic E-state index is 0.0993. The van der Waals surface area contributed by atoms with Crippen LogP contribution < -0.4 is 19.9 Å². The molecule has 3 aromatic rings. The van der Waals surface area contributed by atoms with E-state index in [0.29, 0.717) is 18.0 Å². The number of rotatable bonds is 8. The van der Waals surface area contributed by atoms with Crippen molar-refractivity contribution >= 4 is 23.2 Å². The van der Waals surface area contributed by atoms with E-state index in [2.05, 4.69) is 10.3 Å². The molecule has 1 unspecified atom stereocenters. The lowest BCUT2D eigenvalue weighted by Gasteiger charge is -2.39. The molecule has 0 spiro atoms. The van der Waals surface area contributed by atoms with E-state index in [1.807, 2.05) is 0 Å². The third-order valence-electron chi connectivity index (χ3n) is 8.48. The Hall–Kier alpha value is -4.30. The van der Waals surface area contributed by atoms with Gasteiger partial charge in [-0.1, -0.05) is 18.2 Å². The van der Waals surface area contributed by atoms with Crippen molar-refractivity contribution in [3.63, 3.8) is 0 Å². The van der Waals surface area contributed by atoms with Gasteiger partial charge in [-0.25, -0.2) is 18.2 Å². The van der Waals surface area contributed by atoms with Crippen LogP contribution in [-0.2, 0) is 4.79 Å². The van der Waals surface area contributed by atoms with Crippen molar-refractivity contribution in [1.82, 2.24) is 10.3 Å². The van der Waals surface area contributed by atoms with Gasteiger partial charge in [0.25, 0.3) is 5.91 Å². The second-order valence-corrected chi connectivity index (χ2v) is 11.8. The van der Waals surface area contributed by atoms with Crippen LogP contribution in [0.25, 0.3) is 0 Å². The molecule has 2 atom stereocenters. The Morgan fingerprint density at radius 2 is 1.70 bits per heavy atom. The number of amides is 1. The van der Waals surface area contributed by atoms with E-state index in [1.165, 1.54) is 6.07 Å². The number of nitrogens with zero attached hydrogens (tertiary/aromatic N) is 3. The molecular weight excluding hydrogens is 618 g/mol. The molecular formula is C32H30F6N4O4. The molecule has 3 heterocycles. The molecule has 2 aliphatic heterocycles. The number of carbonyl (C=O) groups excluding carboxylic acids is 1. The first-order valence-electron chi connectivity index (χ1n) is 14.7. The van der Waals surface area contributed by atoms with Crippen molar-refractivity contribution < 1.29 is 46.1 Å². The number of alkyl halides is 3. The number of pyridine rings is 1. The number of carbonyl (C=O) groups is 1. The summed E-state index contributed by atoms with van der Waals surface area (Å²) in [6.07, 6.45) is -4.20. The van der Waals surface area contributed by atoms with Crippen molar-refractivity contribution in [3.8, 4) is 5.75 Å². The van der Waals surface area contributed by atoms with Crippen LogP contribution >= 0.6 is 0 Å². The van der Waals surface area contributed by atoms with Gasteiger partial charge in [-0.15, -0.1) is 0 Å². The standard InChI is InChI=1S/C32H30F6N4O4/c33-19-14-23(34)26(24(35)15-19)42-16-22(30(44)40-28(18-6-7-18)32(36,37)38)27(46-20-4-2-1-3-5-20)21-8-9-25(39-29(21)42)41-12-10-31(45,17-43)11-13-41/h1-5,8-9,14-16,18,27-28,43,45H,6-7,10-13,17H2,(H,40,44)/t27?,28-/m0/s1. The molecule has 0 bridgehead atoms. The fraction of sp³-hybridized carbons (Fsp3) is 0.375. The second kappa shape index (κ2) is 12.1. The quantitative estimate of drug-likeness (QED) is 0.280. The maximum Gasteiger partial charge on any atom is 0.408 e. The summed E-state index contributed by atoms with van der Waals surface area (Å²) >= 11 is 0. The summed E-state index contributed by atoms with van der Waals surface area (Å²) in [5.41, 5.74) is -2.37. The van der Waals surface area contributed by atoms with Crippen LogP contribution in [-0.4, -0.2) is 58.6 Å². The highest BCUT2D eigenvalue weighted by Crippen LogP contribution is 2.45. The number of fused-ring (bicyclic) bond motifs is 1. The van der Waals surface area contributed by atoms with Gasteiger partial charge in [0, 0.05) is 37.0 Å². The predicted molar refractivity (Wildman–Crippen MR) is 155 cm³/mol. The number of ether oxygens (including phenoxy) is 1. The monoisotopic (exact) mass is 648 g/mol. The maximum absolute atomic E-state index is 15.3. The Morgan fingerprint density at radius 1 is 1.04 bits per heavy atom. The third kappa shape index (κ3) is 6.36. The van der Waals surface area contributed by atoms with Crippen LogP contribution in [0.1, 0.15) is 37.4 Å². The van der Waals surface area contributed by atoms with Gasteiger partial charge in [-0.3, -0.25) is 9.69 Å². The zero-order valence-electron chi connectivity index (χ0n) is 24.3. The van der Waals surface area contributed by atoms with Crippen LogP contribution in [0, 0.1) is 23.4 Å². The summed E-state index contributed by atoms with van der Waals surface area (Å²) in [5, 5.41) is 22.1. The fourth-order valence-corrected chi connectivity index (χ4v) is 5.76. The number of para-hydroxylation sites is 1. The first-order valence-corrected chi connectivity index (χ1v) is 14.7. The highest BCUT2D eigenvalue weighted by Gasteiger charge is 2.50. The van der Waals surface area contributed by atoms with Gasteiger partial charge in [0.15, 0.2) is 17.7 Å². The van der Waals surface area contributed by atoms with E-state index in [1.54, 1.807) is 41.3 Å². The molecule has 244 valence electrons. The maximum atomic E-state index is 15.3. The van der Waals surface area contributed by atoms with E-state index in [9.17, 15) is 32.6 Å². The van der Waals surface area contributed by atoms with Crippen molar-refractivity contribution in [2.24, 2.45) is 5.92 Å². The summed E-state index contributed by atoms with van der Waals surface area (Å²) in [7, 11) is 0. The molecule has 1 saturated heterocycles. The van der Waals surface area contributed by atoms with Gasteiger partial charge in [0.05, 0.1) is 17.8 Å². The predicted octanol–water partition coefficient (Wildman–Crippen LogP) is 5.44. The lowest BCUT2D eigenvalue weighted by atomic mass is 9.92. The van der Waals surface area contributed by atoms with E-state index in [-0.39, 0.29) is 55.9 Å². The molecule has 1 aromatic heterocycles. The number of aliphatic hydroxyl groups is 2. The summed E-state index contributed by atoms with van der Waals surface area (Å²) < 4.78 is 92.5. The van der Waals surface area contributed by atoms with Gasteiger partial charge in [-0.05, 0) is 55.9 Å². The van der Waals surface area contributed by atoms with E-state index < -0.39 is 71.1 Å². The van der Waals surface area contributed by atoms with Crippen molar-refractivity contribution in [1.29, 1.82) is 0 Å². The SMILES string of the molecule is O=C(N[C@@H](C1CC1)C(F)(F)F)C1=CN(c2c(F)cc(F)cc2F)c2nc(N3CCC(O)(CO)CC3)ccc2C1Oc1ccccc1. The number of hydrogen-bond donors (Lipinski definition) is 3. The van der Waals surface area contributed by atoms with E-state index >= 15 is 8.78 Å². The molecule has 8 nitrogen and oxygen atoms in total. The van der Waals surface area contributed by atoms with Gasteiger partial charge in [0.1, 0.15) is 34.9 Å². The Balaban J connectivity index is 1.48. The molecule has 14 heteroatoms. The number of halogens is 6. The number of hydrogen-bond acceptors (Lipinski definition) is 7. The van der Waals surface area contributed by atoms with Gasteiger partial charge in [0.2, 0.25) is 0 Å². The first kappa shape index (κ1) is 31.7. The topological polar surface area (TPSA) is 98.2 Å². The largest absolute Gasteiger partial charge is 0.481 e. The molecule has 2 aromatic carbocycles. The lowest BCUT2D eigenvalue weighted by Crippen LogP contribution is -2.48.